The van der Waals surface area contributed by atoms with Crippen molar-refractivity contribution in [3.8, 4) is 11.5 Å². The summed E-state index contributed by atoms with van der Waals surface area (Å²) in [6, 6.07) is 24.0. The molecule has 5 heteroatoms. The fourth-order valence-corrected chi connectivity index (χ4v) is 4.85. The lowest BCUT2D eigenvalue weighted by atomic mass is 9.76. The molecule has 0 amide bonds. The van der Waals surface area contributed by atoms with Gasteiger partial charge >= 0.3 is 0 Å². The van der Waals surface area contributed by atoms with Crippen LogP contribution in [0.25, 0.3) is 0 Å². The van der Waals surface area contributed by atoms with E-state index >= 15 is 0 Å². The van der Waals surface area contributed by atoms with E-state index in [9.17, 15) is 4.79 Å². The van der Waals surface area contributed by atoms with E-state index in [4.69, 9.17) is 9.47 Å². The summed E-state index contributed by atoms with van der Waals surface area (Å²) in [5.41, 5.74) is 5.01. The van der Waals surface area contributed by atoms with Gasteiger partial charge in [-0.2, -0.15) is 0 Å². The lowest BCUT2D eigenvalue weighted by molar-refractivity contribution is -0.122. The molecule has 0 bridgehead atoms. The highest BCUT2D eigenvalue weighted by Crippen LogP contribution is 2.45. The molecule has 33 heavy (non-hydrogen) atoms. The Kier molecular flexibility index (Phi) is 5.78. The number of nitrogens with one attached hydrogen (secondary N) is 2. The molecule has 2 aliphatic rings. The SMILES string of the molecule is CCOc1ccc(C2Nc3ccccc3NC3=CC(c4ccccc4)CC(=O)C32)cc1OC. The summed E-state index contributed by atoms with van der Waals surface area (Å²) in [5.74, 6) is 1.30. The second kappa shape index (κ2) is 9.02. The van der Waals surface area contributed by atoms with Gasteiger partial charge in [-0.05, 0) is 42.3 Å². The molecular weight excluding hydrogens is 412 g/mol. The van der Waals surface area contributed by atoms with E-state index in [0.717, 1.165) is 28.2 Å². The van der Waals surface area contributed by atoms with Crippen molar-refractivity contribution >= 4 is 17.2 Å². The molecule has 1 aliphatic carbocycles. The predicted molar refractivity (Wildman–Crippen MR) is 131 cm³/mol. The lowest BCUT2D eigenvalue weighted by Gasteiger charge is -2.32. The van der Waals surface area contributed by atoms with E-state index in [0.29, 0.717) is 24.5 Å². The fourth-order valence-electron chi connectivity index (χ4n) is 4.85. The molecule has 1 aliphatic heterocycles. The van der Waals surface area contributed by atoms with Crippen LogP contribution in [0, 0.1) is 5.92 Å². The first kappa shape index (κ1) is 21.1. The molecule has 3 unspecified atom stereocenters. The number of allylic oxidation sites excluding steroid dienone is 1. The highest BCUT2D eigenvalue weighted by Gasteiger charge is 2.40. The number of fused-ring (bicyclic) bond motifs is 2. The zero-order chi connectivity index (χ0) is 22.8. The number of anilines is 2. The first-order valence-corrected chi connectivity index (χ1v) is 11.4. The van der Waals surface area contributed by atoms with Crippen molar-refractivity contribution in [1.29, 1.82) is 0 Å². The van der Waals surface area contributed by atoms with Crippen molar-refractivity contribution in [3.63, 3.8) is 0 Å². The van der Waals surface area contributed by atoms with Crippen LogP contribution in [-0.4, -0.2) is 19.5 Å². The van der Waals surface area contributed by atoms with Crippen LogP contribution in [0.4, 0.5) is 11.4 Å². The number of hydrogen-bond acceptors (Lipinski definition) is 5. The minimum Gasteiger partial charge on any atom is -0.493 e. The minimum atomic E-state index is -0.333. The Morgan fingerprint density at radius 1 is 0.909 bits per heavy atom. The zero-order valence-corrected chi connectivity index (χ0v) is 18.9. The monoisotopic (exact) mass is 440 g/mol. The lowest BCUT2D eigenvalue weighted by Crippen LogP contribution is -2.33. The molecule has 0 aromatic heterocycles. The van der Waals surface area contributed by atoms with Gasteiger partial charge in [0.05, 0.1) is 37.1 Å². The summed E-state index contributed by atoms with van der Waals surface area (Å²) >= 11 is 0. The van der Waals surface area contributed by atoms with Gasteiger partial charge in [0.15, 0.2) is 11.5 Å². The van der Waals surface area contributed by atoms with Gasteiger partial charge in [0, 0.05) is 18.0 Å². The quantitative estimate of drug-likeness (QED) is 0.515. The number of carbonyl (C=O) groups is 1. The molecule has 1 heterocycles. The zero-order valence-electron chi connectivity index (χ0n) is 18.9. The third kappa shape index (κ3) is 4.07. The Labute approximate surface area is 194 Å². The normalized spacial score (nSPS) is 21.5. The molecule has 0 spiro atoms. The number of methoxy groups -OCH3 is 1. The van der Waals surface area contributed by atoms with Gasteiger partial charge in [-0.25, -0.2) is 0 Å². The van der Waals surface area contributed by atoms with Crippen LogP contribution in [0.5, 0.6) is 11.5 Å². The van der Waals surface area contributed by atoms with Gasteiger partial charge in [-0.3, -0.25) is 4.79 Å². The number of ether oxygens (including phenoxy) is 2. The van der Waals surface area contributed by atoms with Crippen molar-refractivity contribution in [3.05, 3.63) is 95.7 Å². The number of hydrogen-bond donors (Lipinski definition) is 2. The van der Waals surface area contributed by atoms with Crippen LogP contribution in [0.1, 0.15) is 36.4 Å². The molecule has 0 saturated heterocycles. The average Bonchev–Trinajstić information content (AvgIpc) is 3.02. The Hall–Kier alpha value is -3.73. The maximum atomic E-state index is 13.6. The molecule has 3 atom stereocenters. The first-order chi connectivity index (χ1) is 16.2. The summed E-state index contributed by atoms with van der Waals surface area (Å²) < 4.78 is 11.3. The molecule has 3 aromatic rings. The Morgan fingerprint density at radius 2 is 1.67 bits per heavy atom. The topological polar surface area (TPSA) is 59.6 Å². The van der Waals surface area contributed by atoms with E-state index in [1.54, 1.807) is 7.11 Å². The molecule has 5 rings (SSSR count). The Bertz CT molecular complexity index is 1190. The number of Topliss-reactive ketones (excluding diaryl/α,β-unsaturated/α-hetero) is 1. The second-order valence-electron chi connectivity index (χ2n) is 8.42. The van der Waals surface area contributed by atoms with E-state index in [-0.39, 0.29) is 23.7 Å². The highest BCUT2D eigenvalue weighted by molar-refractivity contribution is 5.90. The van der Waals surface area contributed by atoms with Crippen molar-refractivity contribution in [2.45, 2.75) is 25.3 Å². The largest absolute Gasteiger partial charge is 0.493 e. The van der Waals surface area contributed by atoms with E-state index in [1.807, 2.05) is 67.6 Å². The van der Waals surface area contributed by atoms with Crippen molar-refractivity contribution in [2.24, 2.45) is 5.92 Å². The highest BCUT2D eigenvalue weighted by atomic mass is 16.5. The number of rotatable bonds is 5. The standard InChI is InChI=1S/C28H28N2O3/c1-3-33-25-14-13-19(17-26(25)32-2)28-27-23(29-21-11-7-8-12-22(21)30-28)15-20(16-24(27)31)18-9-5-4-6-10-18/h4-15,17,20,27-30H,3,16H2,1-2H3. The van der Waals surface area contributed by atoms with E-state index < -0.39 is 0 Å². The summed E-state index contributed by atoms with van der Waals surface area (Å²) in [5, 5.41) is 7.22. The van der Waals surface area contributed by atoms with Gasteiger partial charge in [0.25, 0.3) is 0 Å². The van der Waals surface area contributed by atoms with Crippen LogP contribution < -0.4 is 20.1 Å². The van der Waals surface area contributed by atoms with Gasteiger partial charge in [-0.15, -0.1) is 0 Å². The molecule has 0 radical (unpaired) electrons. The molecule has 2 N–H and O–H groups in total. The maximum absolute atomic E-state index is 13.6. The van der Waals surface area contributed by atoms with Crippen LogP contribution in [0.3, 0.4) is 0 Å². The van der Waals surface area contributed by atoms with Crippen LogP contribution in [-0.2, 0) is 4.79 Å². The first-order valence-electron chi connectivity index (χ1n) is 11.4. The van der Waals surface area contributed by atoms with Crippen LogP contribution in [0.2, 0.25) is 0 Å². The van der Waals surface area contributed by atoms with Gasteiger partial charge < -0.3 is 20.1 Å². The Morgan fingerprint density at radius 3 is 2.42 bits per heavy atom. The van der Waals surface area contributed by atoms with Gasteiger partial charge in [0.1, 0.15) is 5.78 Å². The molecule has 3 aromatic carbocycles. The number of carbonyl (C=O) groups excluding carboxylic acids is 1. The summed E-state index contributed by atoms with van der Waals surface area (Å²) in [6.07, 6.45) is 2.70. The number of ketones is 1. The minimum absolute atomic E-state index is 0.0539. The summed E-state index contributed by atoms with van der Waals surface area (Å²) in [7, 11) is 1.64. The van der Waals surface area contributed by atoms with E-state index in [1.165, 1.54) is 0 Å². The third-order valence-corrected chi connectivity index (χ3v) is 6.41. The maximum Gasteiger partial charge on any atom is 0.161 e. The van der Waals surface area contributed by atoms with Gasteiger partial charge in [0.2, 0.25) is 0 Å². The molecular formula is C28H28N2O3. The second-order valence-corrected chi connectivity index (χ2v) is 8.42. The predicted octanol–water partition coefficient (Wildman–Crippen LogP) is 5.93. The van der Waals surface area contributed by atoms with E-state index in [2.05, 4.69) is 28.8 Å². The van der Waals surface area contributed by atoms with Crippen molar-refractivity contribution < 1.29 is 14.3 Å². The fraction of sp³-hybridized carbons (Fsp3) is 0.250. The Balaban J connectivity index is 1.61. The van der Waals surface area contributed by atoms with Crippen LogP contribution in [0.15, 0.2) is 84.6 Å². The molecule has 0 fully saturated rings. The number of benzene rings is 3. The average molecular weight is 441 g/mol. The molecule has 168 valence electrons. The van der Waals surface area contributed by atoms with Gasteiger partial charge in [-0.1, -0.05) is 54.6 Å². The smallest absolute Gasteiger partial charge is 0.161 e. The van der Waals surface area contributed by atoms with Crippen molar-refractivity contribution in [2.75, 3.05) is 24.4 Å². The summed E-state index contributed by atoms with van der Waals surface area (Å²) in [4.78, 5) is 13.6. The van der Waals surface area contributed by atoms with Crippen LogP contribution >= 0.6 is 0 Å². The van der Waals surface area contributed by atoms with Crippen molar-refractivity contribution in [1.82, 2.24) is 0 Å². The molecule has 5 nitrogen and oxygen atoms in total. The summed E-state index contributed by atoms with van der Waals surface area (Å²) in [6.45, 7) is 2.51. The molecule has 0 saturated carbocycles. The third-order valence-electron chi connectivity index (χ3n) is 6.41. The number of para-hydroxylation sites is 2.